The second-order valence-corrected chi connectivity index (χ2v) is 8.31. The number of nitrogens with zero attached hydrogens (tertiary/aromatic N) is 2. The van der Waals surface area contributed by atoms with Crippen LogP contribution >= 0.6 is 22.7 Å². The van der Waals surface area contributed by atoms with E-state index >= 15 is 0 Å². The zero-order valence-electron chi connectivity index (χ0n) is 14.3. The molecule has 26 heavy (non-hydrogen) atoms. The number of nitrogens with one attached hydrogen (secondary N) is 1. The first-order valence-electron chi connectivity index (χ1n) is 7.93. The maximum Gasteiger partial charge on any atom is 0.271 e. The van der Waals surface area contributed by atoms with Crippen molar-refractivity contribution in [2.75, 3.05) is 0 Å². The van der Waals surface area contributed by atoms with E-state index in [2.05, 4.69) is 15.3 Å². The lowest BCUT2D eigenvalue weighted by Gasteiger charge is -2.13. The summed E-state index contributed by atoms with van der Waals surface area (Å²) in [5.41, 5.74) is -0.478. The molecule has 4 nitrogen and oxygen atoms in total. The summed E-state index contributed by atoms with van der Waals surface area (Å²) < 4.78 is 27.1. The fraction of sp³-hybridized carbons (Fsp3) is 0.278. The average molecular weight is 393 g/mol. The third-order valence-corrected chi connectivity index (χ3v) is 5.45. The summed E-state index contributed by atoms with van der Waals surface area (Å²) in [4.78, 5) is 21.8. The van der Waals surface area contributed by atoms with Crippen molar-refractivity contribution in [3.8, 4) is 10.0 Å². The summed E-state index contributed by atoms with van der Waals surface area (Å²) >= 11 is 2.70. The van der Waals surface area contributed by atoms with Gasteiger partial charge in [0, 0.05) is 29.4 Å². The molecule has 3 aromatic rings. The van der Waals surface area contributed by atoms with Crippen LogP contribution in [0.2, 0.25) is 0 Å². The van der Waals surface area contributed by atoms with Crippen molar-refractivity contribution in [2.45, 2.75) is 32.5 Å². The van der Waals surface area contributed by atoms with Crippen molar-refractivity contribution in [3.63, 3.8) is 0 Å². The molecule has 0 aliphatic rings. The molecule has 0 spiro atoms. The number of carbonyl (C=O) groups is 1. The summed E-state index contributed by atoms with van der Waals surface area (Å²) in [7, 11) is 0. The average Bonchev–Trinajstić information content (AvgIpc) is 3.22. The van der Waals surface area contributed by atoms with E-state index in [4.69, 9.17) is 0 Å². The Morgan fingerprint density at radius 1 is 1.23 bits per heavy atom. The topological polar surface area (TPSA) is 54.9 Å². The number of aromatic nitrogens is 2. The van der Waals surface area contributed by atoms with Gasteiger partial charge in [0.2, 0.25) is 0 Å². The predicted octanol–water partition coefficient (Wildman–Crippen LogP) is 4.63. The number of thiazole rings is 2. The highest BCUT2D eigenvalue weighted by Crippen LogP contribution is 2.32. The number of benzene rings is 1. The van der Waals surface area contributed by atoms with E-state index in [-0.39, 0.29) is 30.4 Å². The van der Waals surface area contributed by atoms with Gasteiger partial charge in [-0.2, -0.15) is 0 Å². The molecule has 2 aromatic heterocycles. The highest BCUT2D eigenvalue weighted by molar-refractivity contribution is 7.20. The number of alkyl halides is 1. The van der Waals surface area contributed by atoms with Crippen LogP contribution in [0.15, 0.2) is 35.8 Å². The van der Waals surface area contributed by atoms with Gasteiger partial charge in [-0.3, -0.25) is 4.79 Å². The van der Waals surface area contributed by atoms with Crippen molar-refractivity contribution >= 4 is 28.6 Å². The molecule has 0 aliphatic heterocycles. The Hall–Kier alpha value is -2.19. The molecule has 0 aliphatic carbocycles. The van der Waals surface area contributed by atoms with Crippen LogP contribution in [0.3, 0.4) is 0 Å². The molecule has 0 saturated carbocycles. The molecule has 3 rings (SSSR count). The molecule has 0 bridgehead atoms. The van der Waals surface area contributed by atoms with Crippen LogP contribution in [0.5, 0.6) is 0 Å². The Kier molecular flexibility index (Phi) is 5.43. The number of hydrogen-bond acceptors (Lipinski definition) is 5. The Labute approximate surface area is 157 Å². The van der Waals surface area contributed by atoms with Crippen LogP contribution < -0.4 is 5.32 Å². The van der Waals surface area contributed by atoms with E-state index in [1.807, 2.05) is 5.38 Å². The standard InChI is InChI=1S/C18H17F2N3OS2/c1-18(2,20)9-13-14(23-17(26-13)16-21-7-8-25-16)15(24)22-10-11-3-5-12(19)6-4-11/h3-8H,9-10H2,1-2H3,(H,22,24). The van der Waals surface area contributed by atoms with Crippen LogP contribution in [0.4, 0.5) is 8.78 Å². The molecule has 0 unspecified atom stereocenters. The first kappa shape index (κ1) is 18.6. The van der Waals surface area contributed by atoms with Crippen molar-refractivity contribution in [3.05, 3.63) is 57.8 Å². The van der Waals surface area contributed by atoms with Crippen LogP contribution in [0.1, 0.15) is 34.8 Å². The van der Waals surface area contributed by atoms with Gasteiger partial charge in [-0.25, -0.2) is 18.7 Å². The lowest BCUT2D eigenvalue weighted by molar-refractivity contribution is 0.0945. The SMILES string of the molecule is CC(C)(F)Cc1sc(-c2nccs2)nc1C(=O)NCc1ccc(F)cc1. The molecule has 1 aromatic carbocycles. The van der Waals surface area contributed by atoms with E-state index in [9.17, 15) is 13.6 Å². The highest BCUT2D eigenvalue weighted by atomic mass is 32.1. The quantitative estimate of drug-likeness (QED) is 0.664. The Morgan fingerprint density at radius 3 is 2.58 bits per heavy atom. The number of amides is 1. The number of hydrogen-bond donors (Lipinski definition) is 1. The summed E-state index contributed by atoms with van der Waals surface area (Å²) in [5.74, 6) is -0.715. The van der Waals surface area contributed by atoms with E-state index in [0.717, 1.165) is 5.56 Å². The minimum Gasteiger partial charge on any atom is -0.347 e. The van der Waals surface area contributed by atoms with Gasteiger partial charge in [0.25, 0.3) is 5.91 Å². The fourth-order valence-corrected chi connectivity index (χ4v) is 4.27. The summed E-state index contributed by atoms with van der Waals surface area (Å²) in [6.45, 7) is 3.17. The molecular weight excluding hydrogens is 376 g/mol. The van der Waals surface area contributed by atoms with Crippen LogP contribution in [-0.4, -0.2) is 21.5 Å². The molecule has 0 atom stereocenters. The lowest BCUT2D eigenvalue weighted by Crippen LogP contribution is -2.25. The zero-order chi connectivity index (χ0) is 18.7. The van der Waals surface area contributed by atoms with Crippen LogP contribution in [0.25, 0.3) is 10.0 Å². The third kappa shape index (κ3) is 4.70. The predicted molar refractivity (Wildman–Crippen MR) is 99.7 cm³/mol. The number of halogens is 2. The van der Waals surface area contributed by atoms with E-state index in [0.29, 0.717) is 14.9 Å². The normalized spacial score (nSPS) is 11.5. The van der Waals surface area contributed by atoms with E-state index < -0.39 is 5.67 Å². The highest BCUT2D eigenvalue weighted by Gasteiger charge is 2.26. The molecule has 0 radical (unpaired) electrons. The van der Waals surface area contributed by atoms with Crippen LogP contribution in [-0.2, 0) is 13.0 Å². The summed E-state index contributed by atoms with van der Waals surface area (Å²) in [6.07, 6.45) is 1.75. The van der Waals surface area contributed by atoms with Gasteiger partial charge >= 0.3 is 0 Å². The minimum atomic E-state index is -1.46. The van der Waals surface area contributed by atoms with Gasteiger partial charge < -0.3 is 5.32 Å². The Morgan fingerprint density at radius 2 is 1.96 bits per heavy atom. The van der Waals surface area contributed by atoms with Crippen LogP contribution in [0, 0.1) is 5.82 Å². The van der Waals surface area contributed by atoms with E-state index in [1.54, 1.807) is 18.3 Å². The van der Waals surface area contributed by atoms with Crippen molar-refractivity contribution < 1.29 is 13.6 Å². The monoisotopic (exact) mass is 393 g/mol. The zero-order valence-corrected chi connectivity index (χ0v) is 15.9. The second-order valence-electron chi connectivity index (χ2n) is 6.33. The van der Waals surface area contributed by atoms with Gasteiger partial charge in [0.15, 0.2) is 10.0 Å². The molecule has 2 heterocycles. The number of carbonyl (C=O) groups excluding carboxylic acids is 1. The third-order valence-electron chi connectivity index (χ3n) is 3.47. The van der Waals surface area contributed by atoms with Gasteiger partial charge in [0.05, 0.1) is 0 Å². The first-order valence-corrected chi connectivity index (χ1v) is 9.62. The molecule has 0 saturated heterocycles. The van der Waals surface area contributed by atoms with Gasteiger partial charge in [0.1, 0.15) is 17.2 Å². The van der Waals surface area contributed by atoms with Gasteiger partial charge in [-0.1, -0.05) is 12.1 Å². The largest absolute Gasteiger partial charge is 0.347 e. The molecular formula is C18H17F2N3OS2. The Balaban J connectivity index is 1.81. The van der Waals surface area contributed by atoms with Gasteiger partial charge in [-0.15, -0.1) is 22.7 Å². The molecule has 0 fully saturated rings. The van der Waals surface area contributed by atoms with E-state index in [1.165, 1.54) is 48.7 Å². The maximum atomic E-state index is 14.2. The molecule has 136 valence electrons. The van der Waals surface area contributed by atoms with Crippen molar-refractivity contribution in [1.29, 1.82) is 0 Å². The van der Waals surface area contributed by atoms with Crippen molar-refractivity contribution in [1.82, 2.24) is 15.3 Å². The molecule has 1 amide bonds. The fourth-order valence-electron chi connectivity index (χ4n) is 2.32. The number of rotatable bonds is 6. The summed E-state index contributed by atoms with van der Waals surface area (Å²) in [6, 6.07) is 5.87. The first-order chi connectivity index (χ1) is 12.3. The van der Waals surface area contributed by atoms with Gasteiger partial charge in [-0.05, 0) is 31.5 Å². The Bertz CT molecular complexity index is 884. The second kappa shape index (κ2) is 7.59. The van der Waals surface area contributed by atoms with Crippen molar-refractivity contribution in [2.24, 2.45) is 0 Å². The smallest absolute Gasteiger partial charge is 0.271 e. The summed E-state index contributed by atoms with van der Waals surface area (Å²) in [5, 5.41) is 5.89. The maximum absolute atomic E-state index is 14.2. The molecule has 8 heteroatoms. The minimum absolute atomic E-state index is 0.0926. The lowest BCUT2D eigenvalue weighted by atomic mass is 10.1. The molecule has 1 N–H and O–H groups in total.